The van der Waals surface area contributed by atoms with E-state index >= 15 is 0 Å². The Labute approximate surface area is 110 Å². The molecule has 1 rings (SSSR count). The van der Waals surface area contributed by atoms with Crippen LogP contribution in [0.3, 0.4) is 0 Å². The van der Waals surface area contributed by atoms with Crippen LogP contribution in [0.1, 0.15) is 9.67 Å². The standard InChI is InChI=1S/C10H18N4OS2/c1-13(2)10-12-8(11)7(17-10)9(15)14(3)5-6-16-4/h5-6,11H2,1-4H3. The summed E-state index contributed by atoms with van der Waals surface area (Å²) in [5, 5.41) is 0.754. The zero-order chi connectivity index (χ0) is 13.0. The van der Waals surface area contributed by atoms with Gasteiger partial charge in [0, 0.05) is 33.4 Å². The van der Waals surface area contributed by atoms with E-state index in [1.807, 2.05) is 25.3 Å². The molecule has 0 unspecified atom stereocenters. The number of carbonyl (C=O) groups is 1. The number of hydrogen-bond acceptors (Lipinski definition) is 6. The fraction of sp³-hybridized carbons (Fsp3) is 0.600. The molecule has 17 heavy (non-hydrogen) atoms. The van der Waals surface area contributed by atoms with Gasteiger partial charge in [0.1, 0.15) is 10.7 Å². The van der Waals surface area contributed by atoms with Crippen molar-refractivity contribution in [2.24, 2.45) is 0 Å². The molecule has 1 amide bonds. The topological polar surface area (TPSA) is 62.5 Å². The lowest BCUT2D eigenvalue weighted by Gasteiger charge is -2.15. The summed E-state index contributed by atoms with van der Waals surface area (Å²) in [4.78, 5) is 20.3. The molecule has 0 bridgehead atoms. The second-order valence-electron chi connectivity index (χ2n) is 3.82. The molecule has 0 aliphatic heterocycles. The molecule has 0 saturated heterocycles. The van der Waals surface area contributed by atoms with E-state index in [-0.39, 0.29) is 5.91 Å². The largest absolute Gasteiger partial charge is 0.382 e. The molecule has 96 valence electrons. The van der Waals surface area contributed by atoms with E-state index in [9.17, 15) is 4.79 Å². The first-order valence-corrected chi connectivity index (χ1v) is 7.36. The molecular formula is C10H18N4OS2. The molecule has 1 heterocycles. The van der Waals surface area contributed by atoms with Gasteiger partial charge in [-0.2, -0.15) is 11.8 Å². The fourth-order valence-electron chi connectivity index (χ4n) is 1.17. The molecule has 2 N–H and O–H groups in total. The molecule has 0 aliphatic rings. The van der Waals surface area contributed by atoms with Gasteiger partial charge >= 0.3 is 0 Å². The summed E-state index contributed by atoms with van der Waals surface area (Å²) in [6.07, 6.45) is 2.02. The monoisotopic (exact) mass is 274 g/mol. The Hall–Kier alpha value is -0.950. The van der Waals surface area contributed by atoms with Gasteiger partial charge in [0.15, 0.2) is 5.13 Å². The van der Waals surface area contributed by atoms with Crippen LogP contribution in [0, 0.1) is 0 Å². The van der Waals surface area contributed by atoms with E-state index in [4.69, 9.17) is 5.73 Å². The van der Waals surface area contributed by atoms with E-state index in [2.05, 4.69) is 4.98 Å². The molecule has 0 aromatic carbocycles. The number of amides is 1. The minimum atomic E-state index is -0.0536. The highest BCUT2D eigenvalue weighted by atomic mass is 32.2. The van der Waals surface area contributed by atoms with Crippen molar-refractivity contribution in [1.82, 2.24) is 9.88 Å². The van der Waals surface area contributed by atoms with Gasteiger partial charge < -0.3 is 15.5 Å². The Balaban J connectivity index is 2.81. The zero-order valence-corrected chi connectivity index (χ0v) is 12.2. The first-order chi connectivity index (χ1) is 7.97. The van der Waals surface area contributed by atoms with Gasteiger partial charge in [0.05, 0.1) is 0 Å². The molecule has 0 atom stereocenters. The molecule has 0 fully saturated rings. The highest BCUT2D eigenvalue weighted by molar-refractivity contribution is 7.98. The summed E-state index contributed by atoms with van der Waals surface area (Å²) in [5.41, 5.74) is 5.77. The van der Waals surface area contributed by atoms with Crippen molar-refractivity contribution in [3.8, 4) is 0 Å². The van der Waals surface area contributed by atoms with Gasteiger partial charge in [-0.25, -0.2) is 4.98 Å². The van der Waals surface area contributed by atoms with Crippen LogP contribution in [-0.2, 0) is 0 Å². The lowest BCUT2D eigenvalue weighted by molar-refractivity contribution is 0.0809. The van der Waals surface area contributed by atoms with Crippen molar-refractivity contribution in [2.45, 2.75) is 0 Å². The van der Waals surface area contributed by atoms with Crippen LogP contribution in [0.2, 0.25) is 0 Å². The molecule has 0 spiro atoms. The van der Waals surface area contributed by atoms with Crippen molar-refractivity contribution in [1.29, 1.82) is 0 Å². The maximum absolute atomic E-state index is 12.1. The summed E-state index contributed by atoms with van der Waals surface area (Å²) >= 11 is 3.04. The Kier molecular flexibility index (Phi) is 5.07. The predicted molar refractivity (Wildman–Crippen MR) is 76.2 cm³/mol. The average Bonchev–Trinajstić information content (AvgIpc) is 2.67. The van der Waals surface area contributed by atoms with Crippen molar-refractivity contribution in [3.05, 3.63) is 4.88 Å². The summed E-state index contributed by atoms with van der Waals surface area (Å²) < 4.78 is 0. The number of carbonyl (C=O) groups excluding carboxylic acids is 1. The van der Waals surface area contributed by atoms with E-state index in [0.717, 1.165) is 10.9 Å². The first kappa shape index (κ1) is 14.1. The van der Waals surface area contributed by atoms with E-state index in [0.29, 0.717) is 17.2 Å². The van der Waals surface area contributed by atoms with Gasteiger partial charge in [-0.15, -0.1) is 0 Å². The van der Waals surface area contributed by atoms with E-state index < -0.39 is 0 Å². The predicted octanol–water partition coefficient (Wildman–Crippen LogP) is 1.23. The zero-order valence-electron chi connectivity index (χ0n) is 10.6. The molecule has 0 radical (unpaired) electrons. The van der Waals surface area contributed by atoms with Crippen LogP contribution >= 0.6 is 23.1 Å². The minimum absolute atomic E-state index is 0.0536. The van der Waals surface area contributed by atoms with Crippen LogP contribution in [0.15, 0.2) is 0 Å². The third-order valence-corrected chi connectivity index (χ3v) is 4.01. The molecular weight excluding hydrogens is 256 g/mol. The fourth-order valence-corrected chi connectivity index (χ4v) is 2.53. The molecule has 0 aliphatic carbocycles. The van der Waals surface area contributed by atoms with Crippen molar-refractivity contribution < 1.29 is 4.79 Å². The quantitative estimate of drug-likeness (QED) is 0.875. The summed E-state index contributed by atoms with van der Waals surface area (Å²) in [6, 6.07) is 0. The maximum atomic E-state index is 12.1. The number of nitrogens with zero attached hydrogens (tertiary/aromatic N) is 3. The second kappa shape index (κ2) is 6.11. The van der Waals surface area contributed by atoms with Gasteiger partial charge in [0.2, 0.25) is 0 Å². The van der Waals surface area contributed by atoms with E-state index in [1.165, 1.54) is 11.3 Å². The highest BCUT2D eigenvalue weighted by Gasteiger charge is 2.20. The number of nitrogen functional groups attached to an aromatic ring is 1. The molecule has 1 aromatic rings. The Bertz CT molecular complexity index is 392. The smallest absolute Gasteiger partial charge is 0.267 e. The lowest BCUT2D eigenvalue weighted by Crippen LogP contribution is -2.28. The molecule has 5 nitrogen and oxygen atoms in total. The number of nitrogens with two attached hydrogens (primary N) is 1. The number of aromatic nitrogens is 1. The number of hydrogen-bond donors (Lipinski definition) is 1. The highest BCUT2D eigenvalue weighted by Crippen LogP contribution is 2.27. The normalized spacial score (nSPS) is 10.4. The van der Waals surface area contributed by atoms with Crippen molar-refractivity contribution >= 4 is 40.0 Å². The van der Waals surface area contributed by atoms with E-state index in [1.54, 1.807) is 23.7 Å². The Morgan fingerprint density at radius 2 is 2.12 bits per heavy atom. The number of thiazole rings is 1. The summed E-state index contributed by atoms with van der Waals surface area (Å²) in [5.74, 6) is 1.18. The van der Waals surface area contributed by atoms with Gasteiger partial charge in [-0.1, -0.05) is 11.3 Å². The van der Waals surface area contributed by atoms with Crippen LogP contribution < -0.4 is 10.6 Å². The van der Waals surface area contributed by atoms with Crippen LogP contribution in [-0.4, -0.2) is 55.5 Å². The Morgan fingerprint density at radius 1 is 1.47 bits per heavy atom. The SMILES string of the molecule is CSCCN(C)C(=O)c1sc(N(C)C)nc1N. The third kappa shape index (κ3) is 3.50. The molecule has 7 heteroatoms. The van der Waals surface area contributed by atoms with Crippen molar-refractivity contribution in [2.75, 3.05) is 50.3 Å². The third-order valence-electron chi connectivity index (χ3n) is 2.20. The molecule has 1 aromatic heterocycles. The van der Waals surface area contributed by atoms with Gasteiger partial charge in [-0.3, -0.25) is 4.79 Å². The summed E-state index contributed by atoms with van der Waals surface area (Å²) in [6.45, 7) is 0.717. The van der Waals surface area contributed by atoms with Crippen LogP contribution in [0.4, 0.5) is 10.9 Å². The van der Waals surface area contributed by atoms with Crippen LogP contribution in [0.5, 0.6) is 0 Å². The average molecular weight is 274 g/mol. The number of anilines is 2. The van der Waals surface area contributed by atoms with Crippen LogP contribution in [0.25, 0.3) is 0 Å². The first-order valence-electron chi connectivity index (χ1n) is 5.15. The Morgan fingerprint density at radius 3 is 2.59 bits per heavy atom. The number of rotatable bonds is 5. The number of thioether (sulfide) groups is 1. The lowest BCUT2D eigenvalue weighted by atomic mass is 10.4. The van der Waals surface area contributed by atoms with Gasteiger partial charge in [0.25, 0.3) is 5.91 Å². The van der Waals surface area contributed by atoms with Crippen molar-refractivity contribution in [3.63, 3.8) is 0 Å². The molecule has 0 saturated carbocycles. The maximum Gasteiger partial charge on any atom is 0.267 e. The van der Waals surface area contributed by atoms with Gasteiger partial charge in [-0.05, 0) is 6.26 Å². The minimum Gasteiger partial charge on any atom is -0.382 e. The summed E-state index contributed by atoms with van der Waals surface area (Å²) in [7, 11) is 5.54. The second-order valence-corrected chi connectivity index (χ2v) is 5.79.